The third-order valence-corrected chi connectivity index (χ3v) is 3.20. The first-order valence-electron chi connectivity index (χ1n) is 6.17. The van der Waals surface area contributed by atoms with Crippen LogP contribution in [0.2, 0.25) is 0 Å². The van der Waals surface area contributed by atoms with Gasteiger partial charge in [0, 0.05) is 19.7 Å². The van der Waals surface area contributed by atoms with E-state index >= 15 is 0 Å². The van der Waals surface area contributed by atoms with E-state index in [0.717, 1.165) is 42.3 Å². The predicted molar refractivity (Wildman–Crippen MR) is 73.3 cm³/mol. The van der Waals surface area contributed by atoms with E-state index in [1.165, 1.54) is 5.56 Å². The number of halogens is 1. The Kier molecular flexibility index (Phi) is 5.28. The van der Waals surface area contributed by atoms with Gasteiger partial charge < -0.3 is 19.5 Å². The Balaban J connectivity index is 1.91. The summed E-state index contributed by atoms with van der Waals surface area (Å²) in [7, 11) is 0. The molecule has 0 saturated carbocycles. The van der Waals surface area contributed by atoms with E-state index < -0.39 is 0 Å². The average Bonchev–Trinajstić information content (AvgIpc) is 2.39. The van der Waals surface area contributed by atoms with Crippen LogP contribution in [0.3, 0.4) is 0 Å². The SMILES string of the molecule is CCOCCNCc1cc(Br)c2c(c1)OCCO2. The number of rotatable bonds is 6. The first-order valence-corrected chi connectivity index (χ1v) is 6.97. The number of fused-ring (bicyclic) bond motifs is 1. The molecule has 1 N–H and O–H groups in total. The van der Waals surface area contributed by atoms with Crippen molar-refractivity contribution in [3.8, 4) is 11.5 Å². The lowest BCUT2D eigenvalue weighted by Gasteiger charge is -2.20. The largest absolute Gasteiger partial charge is 0.486 e. The highest BCUT2D eigenvalue weighted by atomic mass is 79.9. The van der Waals surface area contributed by atoms with Crippen molar-refractivity contribution < 1.29 is 14.2 Å². The molecule has 1 aliphatic heterocycles. The van der Waals surface area contributed by atoms with E-state index in [1.54, 1.807) is 0 Å². The molecule has 1 aromatic rings. The Morgan fingerprint density at radius 1 is 1.33 bits per heavy atom. The number of benzene rings is 1. The van der Waals surface area contributed by atoms with Gasteiger partial charge in [0.25, 0.3) is 0 Å². The van der Waals surface area contributed by atoms with Crippen molar-refractivity contribution in [3.63, 3.8) is 0 Å². The molecule has 4 nitrogen and oxygen atoms in total. The molecule has 100 valence electrons. The number of hydrogen-bond acceptors (Lipinski definition) is 4. The molecule has 0 amide bonds. The summed E-state index contributed by atoms with van der Waals surface area (Å²) in [5, 5.41) is 3.33. The zero-order valence-electron chi connectivity index (χ0n) is 10.5. The van der Waals surface area contributed by atoms with E-state index in [1.807, 2.05) is 13.0 Å². The van der Waals surface area contributed by atoms with Crippen LogP contribution in [0.4, 0.5) is 0 Å². The van der Waals surface area contributed by atoms with Crippen molar-refractivity contribution in [3.05, 3.63) is 22.2 Å². The van der Waals surface area contributed by atoms with E-state index in [9.17, 15) is 0 Å². The van der Waals surface area contributed by atoms with Crippen LogP contribution in [-0.2, 0) is 11.3 Å². The van der Waals surface area contributed by atoms with Crippen LogP contribution >= 0.6 is 15.9 Å². The number of ether oxygens (including phenoxy) is 3. The lowest BCUT2D eigenvalue weighted by molar-refractivity contribution is 0.149. The second-order valence-electron chi connectivity index (χ2n) is 3.98. The fourth-order valence-electron chi connectivity index (χ4n) is 1.79. The van der Waals surface area contributed by atoms with Gasteiger partial charge in [-0.3, -0.25) is 0 Å². The van der Waals surface area contributed by atoms with E-state index in [-0.39, 0.29) is 0 Å². The van der Waals surface area contributed by atoms with Gasteiger partial charge in [0.05, 0.1) is 11.1 Å². The standard InChI is InChI=1S/C13H18BrNO3/c1-2-16-4-3-15-9-10-7-11(14)13-12(8-10)17-5-6-18-13/h7-8,15H,2-6,9H2,1H3. The highest BCUT2D eigenvalue weighted by Crippen LogP contribution is 2.38. The molecule has 0 saturated heterocycles. The monoisotopic (exact) mass is 315 g/mol. The first kappa shape index (κ1) is 13.6. The molecule has 0 aliphatic carbocycles. The minimum atomic E-state index is 0.609. The van der Waals surface area contributed by atoms with E-state index in [0.29, 0.717) is 13.2 Å². The summed E-state index contributed by atoms with van der Waals surface area (Å²) in [5.74, 6) is 1.62. The number of nitrogens with one attached hydrogen (secondary N) is 1. The summed E-state index contributed by atoms with van der Waals surface area (Å²) in [4.78, 5) is 0. The molecule has 18 heavy (non-hydrogen) atoms. The quantitative estimate of drug-likeness (QED) is 0.818. The molecule has 1 heterocycles. The van der Waals surface area contributed by atoms with Crippen LogP contribution in [0, 0.1) is 0 Å². The van der Waals surface area contributed by atoms with E-state index in [2.05, 4.69) is 27.3 Å². The van der Waals surface area contributed by atoms with Crippen LogP contribution in [0.1, 0.15) is 12.5 Å². The van der Waals surface area contributed by atoms with Gasteiger partial charge in [-0.15, -0.1) is 0 Å². The molecule has 0 fully saturated rings. The average molecular weight is 316 g/mol. The Labute approximate surface area is 116 Å². The van der Waals surface area contributed by atoms with Crippen molar-refractivity contribution in [1.82, 2.24) is 5.32 Å². The van der Waals surface area contributed by atoms with Gasteiger partial charge in [-0.25, -0.2) is 0 Å². The van der Waals surface area contributed by atoms with Crippen molar-refractivity contribution in [2.75, 3.05) is 33.0 Å². The van der Waals surface area contributed by atoms with Gasteiger partial charge in [-0.05, 0) is 40.5 Å². The topological polar surface area (TPSA) is 39.7 Å². The fraction of sp³-hybridized carbons (Fsp3) is 0.538. The third-order valence-electron chi connectivity index (χ3n) is 2.61. The van der Waals surface area contributed by atoms with Gasteiger partial charge in [0.2, 0.25) is 0 Å². The first-order chi connectivity index (χ1) is 8.81. The van der Waals surface area contributed by atoms with Crippen LogP contribution in [0.25, 0.3) is 0 Å². The third kappa shape index (κ3) is 3.60. The van der Waals surface area contributed by atoms with Crippen LogP contribution in [0.15, 0.2) is 16.6 Å². The summed E-state index contributed by atoms with van der Waals surface area (Å²) < 4.78 is 17.4. The second-order valence-corrected chi connectivity index (χ2v) is 4.83. The summed E-state index contributed by atoms with van der Waals surface area (Å²) >= 11 is 3.51. The molecule has 0 spiro atoms. The van der Waals surface area contributed by atoms with Gasteiger partial charge in [-0.1, -0.05) is 0 Å². The van der Waals surface area contributed by atoms with Crippen LogP contribution in [-0.4, -0.2) is 33.0 Å². The Morgan fingerprint density at radius 2 is 2.17 bits per heavy atom. The van der Waals surface area contributed by atoms with Crippen molar-refractivity contribution >= 4 is 15.9 Å². The zero-order chi connectivity index (χ0) is 12.8. The molecule has 1 aromatic carbocycles. The van der Waals surface area contributed by atoms with Crippen molar-refractivity contribution in [2.45, 2.75) is 13.5 Å². The van der Waals surface area contributed by atoms with Gasteiger partial charge >= 0.3 is 0 Å². The van der Waals surface area contributed by atoms with E-state index in [4.69, 9.17) is 14.2 Å². The Hall–Kier alpha value is -0.780. The molecule has 0 unspecified atom stereocenters. The minimum Gasteiger partial charge on any atom is -0.486 e. The maximum Gasteiger partial charge on any atom is 0.175 e. The lowest BCUT2D eigenvalue weighted by Crippen LogP contribution is -2.20. The molecule has 1 aliphatic rings. The molecular weight excluding hydrogens is 298 g/mol. The number of hydrogen-bond donors (Lipinski definition) is 1. The Morgan fingerprint density at radius 3 is 3.00 bits per heavy atom. The molecule has 0 bridgehead atoms. The zero-order valence-corrected chi connectivity index (χ0v) is 12.1. The maximum atomic E-state index is 5.58. The van der Waals surface area contributed by atoms with Gasteiger partial charge in [-0.2, -0.15) is 0 Å². The molecule has 0 radical (unpaired) electrons. The molecule has 2 rings (SSSR count). The van der Waals surface area contributed by atoms with Crippen molar-refractivity contribution in [1.29, 1.82) is 0 Å². The predicted octanol–water partition coefficient (Wildman–Crippen LogP) is 2.35. The van der Waals surface area contributed by atoms with Gasteiger partial charge in [0.1, 0.15) is 13.2 Å². The fourth-order valence-corrected chi connectivity index (χ4v) is 2.39. The molecule has 0 atom stereocenters. The minimum absolute atomic E-state index is 0.609. The smallest absolute Gasteiger partial charge is 0.175 e. The summed E-state index contributed by atoms with van der Waals surface area (Å²) in [6.45, 7) is 6.36. The maximum absolute atomic E-state index is 5.58. The summed E-state index contributed by atoms with van der Waals surface area (Å²) in [5.41, 5.74) is 1.17. The Bertz CT molecular complexity index is 398. The highest BCUT2D eigenvalue weighted by Gasteiger charge is 2.15. The lowest BCUT2D eigenvalue weighted by atomic mass is 10.2. The molecule has 5 heteroatoms. The van der Waals surface area contributed by atoms with Crippen molar-refractivity contribution in [2.24, 2.45) is 0 Å². The van der Waals surface area contributed by atoms with Crippen LogP contribution in [0.5, 0.6) is 11.5 Å². The van der Waals surface area contributed by atoms with Crippen LogP contribution < -0.4 is 14.8 Å². The summed E-state index contributed by atoms with van der Waals surface area (Å²) in [6, 6.07) is 4.08. The normalized spacial score (nSPS) is 13.7. The highest BCUT2D eigenvalue weighted by molar-refractivity contribution is 9.10. The molecular formula is C13H18BrNO3. The second kappa shape index (κ2) is 6.97. The molecule has 0 aromatic heterocycles. The van der Waals surface area contributed by atoms with Gasteiger partial charge in [0.15, 0.2) is 11.5 Å². The summed E-state index contributed by atoms with van der Waals surface area (Å²) in [6.07, 6.45) is 0.